The lowest BCUT2D eigenvalue weighted by molar-refractivity contribution is -0.116. The SMILES string of the molecule is C[C@H](Nc1ccc(I)cc1)C(=O)Nc1ccc2c(c1)OCO2. The van der Waals surface area contributed by atoms with E-state index in [1.165, 1.54) is 0 Å². The molecule has 1 aliphatic rings. The first-order valence-corrected chi connectivity index (χ1v) is 7.92. The van der Waals surface area contributed by atoms with Gasteiger partial charge in [-0.05, 0) is 65.9 Å². The number of nitrogens with one attached hydrogen (secondary N) is 2. The van der Waals surface area contributed by atoms with E-state index in [0.717, 1.165) is 9.26 Å². The quantitative estimate of drug-likeness (QED) is 0.759. The molecule has 1 atom stereocenters. The number of ether oxygens (including phenoxy) is 2. The summed E-state index contributed by atoms with van der Waals surface area (Å²) in [6.07, 6.45) is 0. The highest BCUT2D eigenvalue weighted by atomic mass is 127. The lowest BCUT2D eigenvalue weighted by Gasteiger charge is -2.15. The Hall–Kier alpha value is -1.96. The van der Waals surface area contributed by atoms with Gasteiger partial charge in [-0.2, -0.15) is 0 Å². The summed E-state index contributed by atoms with van der Waals surface area (Å²) in [5.74, 6) is 1.23. The Morgan fingerprint density at radius 3 is 2.55 bits per heavy atom. The van der Waals surface area contributed by atoms with E-state index in [0.29, 0.717) is 17.2 Å². The third kappa shape index (κ3) is 3.44. The van der Waals surface area contributed by atoms with Crippen LogP contribution in [-0.2, 0) is 4.79 Å². The van der Waals surface area contributed by atoms with Crippen LogP contribution in [-0.4, -0.2) is 18.7 Å². The lowest BCUT2D eigenvalue weighted by Crippen LogP contribution is -2.31. The third-order valence-corrected chi connectivity index (χ3v) is 3.98. The van der Waals surface area contributed by atoms with Gasteiger partial charge in [0.2, 0.25) is 12.7 Å². The van der Waals surface area contributed by atoms with Crippen LogP contribution in [0.15, 0.2) is 42.5 Å². The van der Waals surface area contributed by atoms with Gasteiger partial charge in [-0.1, -0.05) is 0 Å². The molecule has 0 aromatic heterocycles. The molecule has 0 bridgehead atoms. The zero-order chi connectivity index (χ0) is 15.5. The van der Waals surface area contributed by atoms with Gasteiger partial charge in [0.05, 0.1) is 0 Å². The van der Waals surface area contributed by atoms with Gasteiger partial charge < -0.3 is 20.1 Å². The van der Waals surface area contributed by atoms with Crippen molar-refractivity contribution in [3.8, 4) is 11.5 Å². The predicted octanol–water partition coefficient (Wildman–Crippen LogP) is 3.46. The molecule has 6 heteroatoms. The van der Waals surface area contributed by atoms with Crippen LogP contribution in [0.1, 0.15) is 6.92 Å². The molecule has 0 saturated heterocycles. The van der Waals surface area contributed by atoms with Crippen LogP contribution in [0.2, 0.25) is 0 Å². The van der Waals surface area contributed by atoms with E-state index in [1.54, 1.807) is 18.2 Å². The largest absolute Gasteiger partial charge is 0.454 e. The van der Waals surface area contributed by atoms with Gasteiger partial charge >= 0.3 is 0 Å². The molecule has 0 unspecified atom stereocenters. The molecular formula is C16H15IN2O3. The highest BCUT2D eigenvalue weighted by Gasteiger charge is 2.16. The maximum Gasteiger partial charge on any atom is 0.246 e. The Kier molecular flexibility index (Phi) is 4.37. The van der Waals surface area contributed by atoms with Gasteiger partial charge in [0, 0.05) is 21.0 Å². The van der Waals surface area contributed by atoms with E-state index in [-0.39, 0.29) is 18.7 Å². The molecule has 2 aromatic rings. The first-order chi connectivity index (χ1) is 10.6. The van der Waals surface area contributed by atoms with Crippen LogP contribution in [0.25, 0.3) is 0 Å². The maximum absolute atomic E-state index is 12.2. The van der Waals surface area contributed by atoms with Crippen LogP contribution in [0.4, 0.5) is 11.4 Å². The van der Waals surface area contributed by atoms with E-state index in [4.69, 9.17) is 9.47 Å². The number of carbonyl (C=O) groups is 1. The minimum absolute atomic E-state index is 0.114. The summed E-state index contributed by atoms with van der Waals surface area (Å²) >= 11 is 2.24. The molecule has 114 valence electrons. The summed E-state index contributed by atoms with van der Waals surface area (Å²) in [6, 6.07) is 12.9. The maximum atomic E-state index is 12.2. The van der Waals surface area contributed by atoms with Crippen LogP contribution < -0.4 is 20.1 Å². The molecule has 2 N–H and O–H groups in total. The van der Waals surface area contributed by atoms with Crippen molar-refractivity contribution in [3.05, 3.63) is 46.0 Å². The number of benzene rings is 2. The smallest absolute Gasteiger partial charge is 0.246 e. The molecule has 22 heavy (non-hydrogen) atoms. The van der Waals surface area contributed by atoms with Crippen molar-refractivity contribution in [2.75, 3.05) is 17.4 Å². The molecule has 0 fully saturated rings. The minimum Gasteiger partial charge on any atom is -0.454 e. The van der Waals surface area contributed by atoms with Crippen molar-refractivity contribution >= 4 is 39.9 Å². The Balaban J connectivity index is 1.62. The van der Waals surface area contributed by atoms with E-state index in [2.05, 4.69) is 33.2 Å². The first kappa shape index (κ1) is 15.0. The van der Waals surface area contributed by atoms with Crippen LogP contribution >= 0.6 is 22.6 Å². The van der Waals surface area contributed by atoms with Crippen LogP contribution in [0.3, 0.4) is 0 Å². The molecule has 1 aliphatic heterocycles. The minimum atomic E-state index is -0.356. The zero-order valence-corrected chi connectivity index (χ0v) is 14.1. The molecule has 0 radical (unpaired) electrons. The normalized spacial score (nSPS) is 13.5. The van der Waals surface area contributed by atoms with Crippen molar-refractivity contribution in [2.45, 2.75) is 13.0 Å². The summed E-state index contributed by atoms with van der Waals surface area (Å²) in [6.45, 7) is 2.04. The molecule has 5 nitrogen and oxygen atoms in total. The molecule has 1 heterocycles. The van der Waals surface area contributed by atoms with E-state index in [1.807, 2.05) is 31.2 Å². The Bertz CT molecular complexity index is 688. The molecule has 2 aromatic carbocycles. The third-order valence-electron chi connectivity index (χ3n) is 3.26. The molecule has 3 rings (SSSR count). The Morgan fingerprint density at radius 2 is 1.77 bits per heavy atom. The fraction of sp³-hybridized carbons (Fsp3) is 0.188. The van der Waals surface area contributed by atoms with Gasteiger partial charge in [0.25, 0.3) is 0 Å². The van der Waals surface area contributed by atoms with E-state index >= 15 is 0 Å². The number of fused-ring (bicyclic) bond motifs is 1. The number of carbonyl (C=O) groups excluding carboxylic acids is 1. The number of anilines is 2. The number of rotatable bonds is 4. The summed E-state index contributed by atoms with van der Waals surface area (Å²) < 4.78 is 11.7. The number of hydrogen-bond acceptors (Lipinski definition) is 4. The number of amides is 1. The second kappa shape index (κ2) is 6.43. The lowest BCUT2D eigenvalue weighted by atomic mass is 10.2. The average Bonchev–Trinajstić information content (AvgIpc) is 2.97. The van der Waals surface area contributed by atoms with Gasteiger partial charge in [-0.15, -0.1) is 0 Å². The van der Waals surface area contributed by atoms with Crippen LogP contribution in [0.5, 0.6) is 11.5 Å². The van der Waals surface area contributed by atoms with Crippen molar-refractivity contribution in [1.29, 1.82) is 0 Å². The molecule has 0 aliphatic carbocycles. The summed E-state index contributed by atoms with van der Waals surface area (Å²) in [7, 11) is 0. The van der Waals surface area contributed by atoms with Crippen LogP contribution in [0, 0.1) is 3.57 Å². The molecule has 1 amide bonds. The second-order valence-corrected chi connectivity index (χ2v) is 6.18. The van der Waals surface area contributed by atoms with Gasteiger partial charge in [0.1, 0.15) is 6.04 Å². The number of hydrogen-bond donors (Lipinski definition) is 2. The standard InChI is InChI=1S/C16H15IN2O3/c1-10(18-12-4-2-11(17)3-5-12)16(20)19-13-6-7-14-15(8-13)22-9-21-14/h2-8,10,18H,9H2,1H3,(H,19,20)/t10-/m0/s1. The highest BCUT2D eigenvalue weighted by Crippen LogP contribution is 2.34. The topological polar surface area (TPSA) is 59.6 Å². The molecule has 0 spiro atoms. The Labute approximate surface area is 142 Å². The van der Waals surface area contributed by atoms with Crippen molar-refractivity contribution in [1.82, 2.24) is 0 Å². The monoisotopic (exact) mass is 410 g/mol. The van der Waals surface area contributed by atoms with Gasteiger partial charge in [-0.25, -0.2) is 0 Å². The number of halogens is 1. The summed E-state index contributed by atoms with van der Waals surface area (Å²) in [5.41, 5.74) is 1.60. The predicted molar refractivity (Wildman–Crippen MR) is 93.4 cm³/mol. The fourth-order valence-electron chi connectivity index (χ4n) is 2.09. The summed E-state index contributed by atoms with van der Waals surface area (Å²) in [5, 5.41) is 6.03. The first-order valence-electron chi connectivity index (χ1n) is 6.84. The highest BCUT2D eigenvalue weighted by molar-refractivity contribution is 14.1. The van der Waals surface area contributed by atoms with Crippen molar-refractivity contribution < 1.29 is 14.3 Å². The Morgan fingerprint density at radius 1 is 1.09 bits per heavy atom. The van der Waals surface area contributed by atoms with E-state index in [9.17, 15) is 4.79 Å². The second-order valence-electron chi connectivity index (χ2n) is 4.93. The fourth-order valence-corrected chi connectivity index (χ4v) is 2.45. The molecular weight excluding hydrogens is 395 g/mol. The van der Waals surface area contributed by atoms with Gasteiger partial charge in [0.15, 0.2) is 11.5 Å². The molecule has 0 saturated carbocycles. The van der Waals surface area contributed by atoms with Crippen molar-refractivity contribution in [2.24, 2.45) is 0 Å². The summed E-state index contributed by atoms with van der Waals surface area (Å²) in [4.78, 5) is 12.2. The van der Waals surface area contributed by atoms with Crippen molar-refractivity contribution in [3.63, 3.8) is 0 Å². The zero-order valence-electron chi connectivity index (χ0n) is 11.9. The van der Waals surface area contributed by atoms with Gasteiger partial charge in [-0.3, -0.25) is 4.79 Å². The average molecular weight is 410 g/mol. The van der Waals surface area contributed by atoms with E-state index < -0.39 is 0 Å².